The Bertz CT molecular complexity index is 614. The largest absolute Gasteiger partial charge is 0.398 e. The van der Waals surface area contributed by atoms with E-state index in [4.69, 9.17) is 5.73 Å². The normalized spacial score (nSPS) is 13.5. The average molecular weight is 196 g/mol. The lowest BCUT2D eigenvalue weighted by molar-refractivity contribution is 0.105. The minimum Gasteiger partial charge on any atom is -0.398 e. The molecule has 0 bridgehead atoms. The van der Waals surface area contributed by atoms with E-state index in [2.05, 4.69) is 4.98 Å². The number of nitrogen functional groups attached to an aromatic ring is 1. The molecule has 3 rings (SSSR count). The second-order valence-electron chi connectivity index (χ2n) is 3.52. The van der Waals surface area contributed by atoms with Crippen LogP contribution in [0, 0.1) is 0 Å². The number of hydrogen-bond acceptors (Lipinski definition) is 3. The van der Waals surface area contributed by atoms with E-state index in [-0.39, 0.29) is 5.78 Å². The van der Waals surface area contributed by atoms with Crippen molar-refractivity contribution in [2.75, 3.05) is 5.73 Å². The molecule has 0 unspecified atom stereocenters. The summed E-state index contributed by atoms with van der Waals surface area (Å²) in [4.78, 5) is 15.7. The molecule has 0 atom stereocenters. The fourth-order valence-electron chi connectivity index (χ4n) is 1.94. The maximum absolute atomic E-state index is 11.5. The van der Waals surface area contributed by atoms with Gasteiger partial charge >= 0.3 is 0 Å². The van der Waals surface area contributed by atoms with Gasteiger partial charge in [-0.1, -0.05) is 0 Å². The van der Waals surface area contributed by atoms with Crippen molar-refractivity contribution in [3.63, 3.8) is 0 Å². The number of nitrogens with two attached hydrogens (primary N) is 1. The van der Waals surface area contributed by atoms with Gasteiger partial charge in [-0.15, -0.1) is 0 Å². The SMILES string of the molecule is Nc1ccnc2ccc3c(c12)C=CC3=O. The molecule has 0 spiro atoms. The van der Waals surface area contributed by atoms with Crippen LogP contribution in [0.2, 0.25) is 0 Å². The fourth-order valence-corrected chi connectivity index (χ4v) is 1.94. The van der Waals surface area contributed by atoms with Crippen LogP contribution < -0.4 is 5.73 Å². The number of allylic oxidation sites excluding steroid dienone is 1. The smallest absolute Gasteiger partial charge is 0.186 e. The van der Waals surface area contributed by atoms with Crippen molar-refractivity contribution in [1.82, 2.24) is 4.98 Å². The summed E-state index contributed by atoms with van der Waals surface area (Å²) in [6.45, 7) is 0. The van der Waals surface area contributed by atoms with E-state index in [1.807, 2.05) is 6.07 Å². The summed E-state index contributed by atoms with van der Waals surface area (Å²) in [7, 11) is 0. The summed E-state index contributed by atoms with van der Waals surface area (Å²) in [5.74, 6) is 0.0372. The van der Waals surface area contributed by atoms with Crippen molar-refractivity contribution in [3.8, 4) is 0 Å². The highest BCUT2D eigenvalue weighted by Crippen LogP contribution is 2.30. The first-order valence-electron chi connectivity index (χ1n) is 4.67. The molecule has 3 nitrogen and oxygen atoms in total. The zero-order valence-electron chi connectivity index (χ0n) is 7.90. The number of nitrogens with zero attached hydrogens (tertiary/aromatic N) is 1. The van der Waals surface area contributed by atoms with Crippen LogP contribution in [0.4, 0.5) is 5.69 Å². The molecule has 0 fully saturated rings. The molecule has 3 heteroatoms. The van der Waals surface area contributed by atoms with Crippen molar-refractivity contribution >= 4 is 28.4 Å². The van der Waals surface area contributed by atoms with Gasteiger partial charge in [0.05, 0.1) is 5.52 Å². The molecule has 72 valence electrons. The van der Waals surface area contributed by atoms with Crippen LogP contribution in [-0.2, 0) is 0 Å². The molecular formula is C12H8N2O. The van der Waals surface area contributed by atoms with Gasteiger partial charge < -0.3 is 5.73 Å². The number of ketones is 1. The van der Waals surface area contributed by atoms with Gasteiger partial charge in [-0.2, -0.15) is 0 Å². The molecule has 0 saturated carbocycles. The van der Waals surface area contributed by atoms with Crippen LogP contribution in [0.5, 0.6) is 0 Å². The van der Waals surface area contributed by atoms with Gasteiger partial charge in [0.15, 0.2) is 5.78 Å². The Morgan fingerprint density at radius 2 is 2.00 bits per heavy atom. The Morgan fingerprint density at radius 3 is 2.87 bits per heavy atom. The van der Waals surface area contributed by atoms with E-state index >= 15 is 0 Å². The average Bonchev–Trinajstić information content (AvgIpc) is 2.61. The van der Waals surface area contributed by atoms with Gasteiger partial charge in [-0.05, 0) is 35.9 Å². The lowest BCUT2D eigenvalue weighted by Gasteiger charge is -2.05. The maximum Gasteiger partial charge on any atom is 0.186 e. The Morgan fingerprint density at radius 1 is 1.13 bits per heavy atom. The van der Waals surface area contributed by atoms with Gasteiger partial charge in [0, 0.05) is 22.8 Å². The first-order chi connectivity index (χ1) is 7.27. The van der Waals surface area contributed by atoms with Gasteiger partial charge in [-0.25, -0.2) is 0 Å². The highest BCUT2D eigenvalue weighted by molar-refractivity contribution is 6.18. The molecule has 0 amide bonds. The van der Waals surface area contributed by atoms with Crippen LogP contribution in [0.25, 0.3) is 17.0 Å². The highest BCUT2D eigenvalue weighted by Gasteiger charge is 2.17. The first kappa shape index (κ1) is 8.17. The van der Waals surface area contributed by atoms with Gasteiger partial charge in [0.2, 0.25) is 0 Å². The third-order valence-electron chi connectivity index (χ3n) is 2.65. The van der Waals surface area contributed by atoms with E-state index in [1.54, 1.807) is 30.5 Å². The van der Waals surface area contributed by atoms with E-state index in [9.17, 15) is 4.79 Å². The van der Waals surface area contributed by atoms with Crippen LogP contribution in [-0.4, -0.2) is 10.8 Å². The minimum absolute atomic E-state index is 0.0372. The topological polar surface area (TPSA) is 56.0 Å². The predicted octanol–water partition coefficient (Wildman–Crippen LogP) is 2.03. The third kappa shape index (κ3) is 1.00. The minimum atomic E-state index is 0.0372. The molecule has 0 radical (unpaired) electrons. The molecule has 1 heterocycles. The molecule has 1 aromatic carbocycles. The number of pyridine rings is 1. The summed E-state index contributed by atoms with van der Waals surface area (Å²) in [6.07, 6.45) is 5.04. The van der Waals surface area contributed by atoms with Crippen LogP contribution in [0.15, 0.2) is 30.5 Å². The Balaban J connectivity index is 2.53. The summed E-state index contributed by atoms with van der Waals surface area (Å²) < 4.78 is 0. The highest BCUT2D eigenvalue weighted by atomic mass is 16.1. The van der Waals surface area contributed by atoms with Crippen LogP contribution in [0.3, 0.4) is 0 Å². The second-order valence-corrected chi connectivity index (χ2v) is 3.52. The van der Waals surface area contributed by atoms with Crippen molar-refractivity contribution in [2.24, 2.45) is 0 Å². The van der Waals surface area contributed by atoms with Crippen molar-refractivity contribution in [1.29, 1.82) is 0 Å². The third-order valence-corrected chi connectivity index (χ3v) is 2.65. The number of hydrogen-bond donors (Lipinski definition) is 1. The van der Waals surface area contributed by atoms with E-state index < -0.39 is 0 Å². The van der Waals surface area contributed by atoms with Gasteiger partial charge in [0.1, 0.15) is 0 Å². The number of rotatable bonds is 0. The van der Waals surface area contributed by atoms with Gasteiger partial charge in [-0.3, -0.25) is 9.78 Å². The van der Waals surface area contributed by atoms with Crippen molar-refractivity contribution in [2.45, 2.75) is 0 Å². The predicted molar refractivity (Wildman–Crippen MR) is 59.5 cm³/mol. The molecule has 0 saturated heterocycles. The quantitative estimate of drug-likeness (QED) is 0.701. The Hall–Kier alpha value is -2.16. The molecular weight excluding hydrogens is 188 g/mol. The van der Waals surface area contributed by atoms with E-state index in [0.717, 1.165) is 16.5 Å². The number of fused-ring (bicyclic) bond motifs is 3. The fraction of sp³-hybridized carbons (Fsp3) is 0. The first-order valence-corrected chi connectivity index (χ1v) is 4.67. The number of benzene rings is 1. The Kier molecular flexibility index (Phi) is 1.45. The zero-order valence-corrected chi connectivity index (χ0v) is 7.90. The zero-order chi connectivity index (χ0) is 10.4. The summed E-state index contributed by atoms with van der Waals surface area (Å²) in [5, 5.41) is 0.872. The van der Waals surface area contributed by atoms with E-state index in [0.29, 0.717) is 11.3 Å². The number of carbonyl (C=O) groups is 1. The molecule has 1 aliphatic rings. The standard InChI is InChI=1S/C12H8N2O/c13-9-5-6-14-10-3-1-7-8(12(9)10)2-4-11(7)15/h1-6H,(H2,13,14). The molecule has 1 aliphatic carbocycles. The van der Waals surface area contributed by atoms with Crippen LogP contribution in [0.1, 0.15) is 15.9 Å². The molecule has 15 heavy (non-hydrogen) atoms. The maximum atomic E-state index is 11.5. The number of aromatic nitrogens is 1. The molecule has 2 aromatic rings. The summed E-state index contributed by atoms with van der Waals surface area (Å²) >= 11 is 0. The monoisotopic (exact) mass is 196 g/mol. The lowest BCUT2D eigenvalue weighted by Crippen LogP contribution is -1.95. The number of carbonyl (C=O) groups excluding carboxylic acids is 1. The molecule has 1 aromatic heterocycles. The van der Waals surface area contributed by atoms with Crippen molar-refractivity contribution in [3.05, 3.63) is 41.6 Å². The second kappa shape index (κ2) is 2.67. The summed E-state index contributed by atoms with van der Waals surface area (Å²) in [5.41, 5.74) is 8.98. The number of anilines is 1. The van der Waals surface area contributed by atoms with E-state index in [1.165, 1.54) is 0 Å². The van der Waals surface area contributed by atoms with Gasteiger partial charge in [0.25, 0.3) is 0 Å². The van der Waals surface area contributed by atoms with Crippen molar-refractivity contribution < 1.29 is 4.79 Å². The van der Waals surface area contributed by atoms with Crippen LogP contribution >= 0.6 is 0 Å². The molecule has 0 aliphatic heterocycles. The summed E-state index contributed by atoms with van der Waals surface area (Å²) in [6, 6.07) is 5.38. The lowest BCUT2D eigenvalue weighted by atomic mass is 10.0. The Labute approximate surface area is 86.2 Å². The molecule has 2 N–H and O–H groups in total.